The maximum atomic E-state index is 12.9. The average molecular weight is 293 g/mol. The molecule has 1 fully saturated rings. The van der Waals surface area contributed by atoms with Crippen molar-refractivity contribution in [2.75, 3.05) is 6.54 Å². The van der Waals surface area contributed by atoms with Crippen molar-refractivity contribution < 1.29 is 10.0 Å². The van der Waals surface area contributed by atoms with Crippen LogP contribution in [0, 0.1) is 5.41 Å². The number of carbonyl (C=O) groups excluding carboxylic acids is 1. The predicted octanol–water partition coefficient (Wildman–Crippen LogP) is 2.11. The summed E-state index contributed by atoms with van der Waals surface area (Å²) in [4.78, 5) is 16.2. The van der Waals surface area contributed by atoms with Crippen LogP contribution >= 0.6 is 11.3 Å². The number of thiophene rings is 1. The fourth-order valence-electron chi connectivity index (χ4n) is 3.27. The van der Waals surface area contributed by atoms with Gasteiger partial charge in [0.25, 0.3) is 0 Å². The monoisotopic (exact) mass is 293 g/mol. The summed E-state index contributed by atoms with van der Waals surface area (Å²) in [6, 6.07) is 2.17. The van der Waals surface area contributed by atoms with Crippen LogP contribution in [-0.2, 0) is 11.2 Å². The summed E-state index contributed by atoms with van der Waals surface area (Å²) in [5, 5.41) is 14.2. The Bertz CT molecular complexity index is 563. The molecule has 6 heteroatoms. The maximum absolute atomic E-state index is 12.9. The Labute approximate surface area is 122 Å². The Morgan fingerprint density at radius 1 is 1.60 bits per heavy atom. The molecule has 1 amide bonds. The Kier molecular flexibility index (Phi) is 3.20. The summed E-state index contributed by atoms with van der Waals surface area (Å²) in [5.41, 5.74) is 6.27. The number of hydrogen-bond acceptors (Lipinski definition) is 4. The van der Waals surface area contributed by atoms with Gasteiger partial charge in [-0.15, -0.1) is 11.3 Å². The summed E-state index contributed by atoms with van der Waals surface area (Å²) in [6.07, 6.45) is 3.21. The van der Waals surface area contributed by atoms with E-state index in [0.717, 1.165) is 12.8 Å². The Hall–Kier alpha value is -1.56. The lowest BCUT2D eigenvalue weighted by Crippen LogP contribution is -2.56. The minimum Gasteiger partial charge on any atom is -0.409 e. The molecule has 1 aliphatic heterocycles. The van der Waals surface area contributed by atoms with Crippen molar-refractivity contribution >= 4 is 23.1 Å². The van der Waals surface area contributed by atoms with Gasteiger partial charge in [0.05, 0.1) is 6.04 Å². The second-order valence-electron chi connectivity index (χ2n) is 5.64. The van der Waals surface area contributed by atoms with Gasteiger partial charge in [-0.3, -0.25) is 4.79 Å². The highest BCUT2D eigenvalue weighted by atomic mass is 32.1. The number of carbonyl (C=O) groups is 1. The van der Waals surface area contributed by atoms with Crippen molar-refractivity contribution in [2.45, 2.75) is 38.6 Å². The van der Waals surface area contributed by atoms with Gasteiger partial charge in [0, 0.05) is 11.4 Å². The third kappa shape index (κ3) is 1.74. The molecule has 0 aromatic carbocycles. The van der Waals surface area contributed by atoms with E-state index in [1.165, 1.54) is 10.4 Å². The molecule has 5 nitrogen and oxygen atoms in total. The fraction of sp³-hybridized carbons (Fsp3) is 0.571. The molecule has 1 aliphatic carbocycles. The molecule has 2 heterocycles. The predicted molar refractivity (Wildman–Crippen MR) is 77.8 cm³/mol. The zero-order chi connectivity index (χ0) is 14.3. The van der Waals surface area contributed by atoms with Crippen LogP contribution in [0.25, 0.3) is 0 Å². The molecule has 1 aromatic rings. The number of amides is 1. The molecule has 0 saturated heterocycles. The summed E-state index contributed by atoms with van der Waals surface area (Å²) in [6.45, 7) is 2.77. The van der Waals surface area contributed by atoms with Crippen molar-refractivity contribution in [3.8, 4) is 0 Å². The number of rotatable bonds is 2. The molecule has 2 aliphatic rings. The van der Waals surface area contributed by atoms with Gasteiger partial charge in [0.1, 0.15) is 5.41 Å². The van der Waals surface area contributed by atoms with E-state index >= 15 is 0 Å². The minimum absolute atomic E-state index is 0.0170. The second-order valence-corrected chi connectivity index (χ2v) is 6.65. The van der Waals surface area contributed by atoms with Gasteiger partial charge >= 0.3 is 0 Å². The van der Waals surface area contributed by atoms with Gasteiger partial charge in [0.2, 0.25) is 5.91 Å². The van der Waals surface area contributed by atoms with E-state index < -0.39 is 5.41 Å². The summed E-state index contributed by atoms with van der Waals surface area (Å²) in [7, 11) is 0. The van der Waals surface area contributed by atoms with E-state index in [-0.39, 0.29) is 17.8 Å². The van der Waals surface area contributed by atoms with Crippen molar-refractivity contribution in [1.82, 2.24) is 4.90 Å². The quantitative estimate of drug-likeness (QED) is 0.379. The first-order valence-corrected chi connectivity index (χ1v) is 7.83. The van der Waals surface area contributed by atoms with Crippen LogP contribution in [0.5, 0.6) is 0 Å². The molecule has 0 radical (unpaired) electrons. The Balaban J connectivity index is 1.89. The van der Waals surface area contributed by atoms with Crippen LogP contribution in [0.15, 0.2) is 16.6 Å². The molecular weight excluding hydrogens is 274 g/mol. The van der Waals surface area contributed by atoms with Gasteiger partial charge in [-0.2, -0.15) is 0 Å². The Morgan fingerprint density at radius 2 is 2.35 bits per heavy atom. The number of hydrogen-bond donors (Lipinski definition) is 2. The topological polar surface area (TPSA) is 78.9 Å². The second kappa shape index (κ2) is 4.77. The van der Waals surface area contributed by atoms with Crippen molar-refractivity contribution in [3.05, 3.63) is 21.9 Å². The van der Waals surface area contributed by atoms with E-state index in [1.807, 2.05) is 4.90 Å². The summed E-state index contributed by atoms with van der Waals surface area (Å²) < 4.78 is 0. The number of oxime groups is 1. The van der Waals surface area contributed by atoms with E-state index in [1.54, 1.807) is 11.3 Å². The molecular formula is C14H19N3O2S. The first kappa shape index (κ1) is 13.4. The molecule has 108 valence electrons. The van der Waals surface area contributed by atoms with Crippen LogP contribution in [-0.4, -0.2) is 28.4 Å². The largest absolute Gasteiger partial charge is 0.409 e. The number of nitrogens with zero attached hydrogens (tertiary/aromatic N) is 2. The van der Waals surface area contributed by atoms with Crippen molar-refractivity contribution in [1.29, 1.82) is 0 Å². The fourth-order valence-corrected chi connectivity index (χ4v) is 4.23. The molecule has 3 rings (SSSR count). The lowest BCUT2D eigenvalue weighted by molar-refractivity contribution is -0.145. The van der Waals surface area contributed by atoms with Gasteiger partial charge in [0.15, 0.2) is 5.84 Å². The first-order valence-electron chi connectivity index (χ1n) is 6.95. The summed E-state index contributed by atoms with van der Waals surface area (Å²) >= 11 is 1.75. The zero-order valence-electron chi connectivity index (χ0n) is 11.5. The molecule has 0 bridgehead atoms. The average Bonchev–Trinajstić information content (AvgIpc) is 2.86. The molecule has 0 spiro atoms. The minimum atomic E-state index is -0.767. The summed E-state index contributed by atoms with van der Waals surface area (Å²) in [5.74, 6) is 0.0838. The zero-order valence-corrected chi connectivity index (χ0v) is 12.3. The van der Waals surface area contributed by atoms with E-state index in [9.17, 15) is 4.79 Å². The molecule has 3 N–H and O–H groups in total. The van der Waals surface area contributed by atoms with Gasteiger partial charge < -0.3 is 15.8 Å². The molecule has 1 atom stereocenters. The van der Waals surface area contributed by atoms with Crippen LogP contribution < -0.4 is 5.73 Å². The Morgan fingerprint density at radius 3 is 2.95 bits per heavy atom. The number of nitrogens with two attached hydrogens (primary N) is 1. The normalized spacial score (nSPS) is 24.9. The standard InChI is InChI=1S/C14H19N3O2S/c1-9-10-4-8-20-11(10)3-7-17(9)13(18)14(5-2-6-14)12(15)16-19/h4,8-9,19H,2-3,5-7H2,1H3,(H2,15,16). The smallest absolute Gasteiger partial charge is 0.237 e. The molecule has 1 saturated carbocycles. The van der Waals surface area contributed by atoms with E-state index in [2.05, 4.69) is 23.5 Å². The SMILES string of the molecule is CC1c2ccsc2CCN1C(=O)C1(/C(N)=N/O)CCC1. The molecule has 1 unspecified atom stereocenters. The molecule has 1 aromatic heterocycles. The third-order valence-electron chi connectivity index (χ3n) is 4.75. The highest BCUT2D eigenvalue weighted by molar-refractivity contribution is 7.10. The highest BCUT2D eigenvalue weighted by Crippen LogP contribution is 2.45. The number of amidine groups is 1. The van der Waals surface area contributed by atoms with Gasteiger partial charge in [-0.25, -0.2) is 0 Å². The van der Waals surface area contributed by atoms with E-state index in [0.29, 0.717) is 19.4 Å². The van der Waals surface area contributed by atoms with Crippen molar-refractivity contribution in [3.63, 3.8) is 0 Å². The van der Waals surface area contributed by atoms with Crippen LogP contribution in [0.1, 0.15) is 42.7 Å². The van der Waals surface area contributed by atoms with Gasteiger partial charge in [-0.1, -0.05) is 11.6 Å². The van der Waals surface area contributed by atoms with Gasteiger partial charge in [-0.05, 0) is 43.2 Å². The highest BCUT2D eigenvalue weighted by Gasteiger charge is 2.51. The molecule has 20 heavy (non-hydrogen) atoms. The van der Waals surface area contributed by atoms with Crippen LogP contribution in [0.4, 0.5) is 0 Å². The van der Waals surface area contributed by atoms with E-state index in [4.69, 9.17) is 10.9 Å². The van der Waals surface area contributed by atoms with Crippen LogP contribution in [0.3, 0.4) is 0 Å². The lowest BCUT2D eigenvalue weighted by Gasteiger charge is -2.45. The third-order valence-corrected chi connectivity index (χ3v) is 5.75. The van der Waals surface area contributed by atoms with Crippen LogP contribution in [0.2, 0.25) is 0 Å². The maximum Gasteiger partial charge on any atom is 0.237 e. The lowest BCUT2D eigenvalue weighted by atomic mass is 9.66. The van der Waals surface area contributed by atoms with Crippen molar-refractivity contribution in [2.24, 2.45) is 16.3 Å². The first-order chi connectivity index (χ1) is 9.60. The number of fused-ring (bicyclic) bond motifs is 1.